The topological polar surface area (TPSA) is 66.9 Å². The number of anilines is 2. The lowest BCUT2D eigenvalue weighted by molar-refractivity contribution is 0.102. The third-order valence-electron chi connectivity index (χ3n) is 3.79. The van der Waals surface area contributed by atoms with Gasteiger partial charge in [-0.1, -0.05) is 35.9 Å². The largest absolute Gasteiger partial charge is 0.350 e. The molecule has 0 aliphatic carbocycles. The molecule has 0 fully saturated rings. The second-order valence-electron chi connectivity index (χ2n) is 5.66. The fraction of sp³-hybridized carbons (Fsp3) is 0.105. The van der Waals surface area contributed by atoms with Crippen molar-refractivity contribution in [3.05, 3.63) is 82.4 Å². The van der Waals surface area contributed by atoms with E-state index in [0.717, 1.165) is 5.56 Å². The molecule has 1 aromatic heterocycles. The number of halogens is 2. The highest BCUT2D eigenvalue weighted by Crippen LogP contribution is 2.20. The number of amides is 1. The van der Waals surface area contributed by atoms with E-state index in [0.29, 0.717) is 18.2 Å². The quantitative estimate of drug-likeness (QED) is 0.696. The van der Waals surface area contributed by atoms with E-state index in [1.54, 1.807) is 0 Å². The molecule has 0 saturated carbocycles. The molecule has 7 heteroatoms. The summed E-state index contributed by atoms with van der Waals surface area (Å²) in [5.74, 6) is -0.523. The molecule has 1 amide bonds. The number of rotatable bonds is 5. The first-order chi connectivity index (χ1) is 12.5. The second-order valence-corrected chi connectivity index (χ2v) is 6.07. The summed E-state index contributed by atoms with van der Waals surface area (Å²) in [6, 6.07) is 12.0. The molecule has 0 spiro atoms. The molecular weight excluding hydrogens is 355 g/mol. The van der Waals surface area contributed by atoms with Gasteiger partial charge in [0.1, 0.15) is 5.82 Å². The van der Waals surface area contributed by atoms with Crippen LogP contribution < -0.4 is 10.6 Å². The van der Waals surface area contributed by atoms with Crippen molar-refractivity contribution in [1.29, 1.82) is 0 Å². The molecule has 3 rings (SSSR count). The molecule has 0 radical (unpaired) electrons. The lowest BCUT2D eigenvalue weighted by Gasteiger charge is -2.08. The van der Waals surface area contributed by atoms with Crippen molar-refractivity contribution >= 4 is 29.1 Å². The van der Waals surface area contributed by atoms with Crippen LogP contribution in [0.3, 0.4) is 0 Å². The summed E-state index contributed by atoms with van der Waals surface area (Å²) < 4.78 is 13.2. The van der Waals surface area contributed by atoms with Gasteiger partial charge < -0.3 is 10.6 Å². The van der Waals surface area contributed by atoms with E-state index in [-0.39, 0.29) is 10.6 Å². The molecule has 0 aliphatic heterocycles. The predicted molar refractivity (Wildman–Crippen MR) is 99.9 cm³/mol. The minimum Gasteiger partial charge on any atom is -0.350 e. The van der Waals surface area contributed by atoms with E-state index < -0.39 is 11.7 Å². The van der Waals surface area contributed by atoms with Gasteiger partial charge >= 0.3 is 0 Å². The van der Waals surface area contributed by atoms with Crippen molar-refractivity contribution in [2.75, 3.05) is 10.6 Å². The summed E-state index contributed by atoms with van der Waals surface area (Å²) in [4.78, 5) is 20.5. The summed E-state index contributed by atoms with van der Waals surface area (Å²) in [6.45, 7) is 2.62. The Hall–Kier alpha value is -2.99. The van der Waals surface area contributed by atoms with E-state index in [1.165, 1.54) is 36.2 Å². The van der Waals surface area contributed by atoms with E-state index in [9.17, 15) is 9.18 Å². The van der Waals surface area contributed by atoms with Gasteiger partial charge in [-0.25, -0.2) is 14.4 Å². The number of carbonyl (C=O) groups excluding carboxylic acids is 1. The molecule has 1 heterocycles. The summed E-state index contributed by atoms with van der Waals surface area (Å²) in [7, 11) is 0. The summed E-state index contributed by atoms with van der Waals surface area (Å²) >= 11 is 5.70. The Morgan fingerprint density at radius 1 is 1.15 bits per heavy atom. The maximum absolute atomic E-state index is 13.2. The van der Waals surface area contributed by atoms with Crippen LogP contribution in [0.1, 0.15) is 21.5 Å². The molecule has 5 nitrogen and oxygen atoms in total. The van der Waals surface area contributed by atoms with Crippen molar-refractivity contribution in [3.63, 3.8) is 0 Å². The number of hydrogen-bond acceptors (Lipinski definition) is 4. The zero-order valence-electron chi connectivity index (χ0n) is 14.0. The Morgan fingerprint density at radius 2 is 1.88 bits per heavy atom. The second kappa shape index (κ2) is 7.93. The van der Waals surface area contributed by atoms with Crippen molar-refractivity contribution in [2.45, 2.75) is 13.5 Å². The number of carbonyl (C=O) groups is 1. The maximum atomic E-state index is 13.2. The van der Waals surface area contributed by atoms with Crippen LogP contribution in [0.25, 0.3) is 0 Å². The summed E-state index contributed by atoms with van der Waals surface area (Å²) in [6.07, 6.45) is 2.85. The average Bonchev–Trinajstić information content (AvgIpc) is 2.64. The number of benzene rings is 2. The highest BCUT2D eigenvalue weighted by Gasteiger charge is 2.09. The Kier molecular flexibility index (Phi) is 5.43. The molecule has 0 aliphatic rings. The lowest BCUT2D eigenvalue weighted by atomic mass is 10.1. The lowest BCUT2D eigenvalue weighted by Crippen LogP contribution is -2.13. The molecular formula is C19H16ClFN4O. The third-order valence-corrected chi connectivity index (χ3v) is 4.08. The van der Waals surface area contributed by atoms with Crippen LogP contribution in [0.15, 0.2) is 54.9 Å². The van der Waals surface area contributed by atoms with Gasteiger partial charge in [0.2, 0.25) is 5.95 Å². The molecule has 2 N–H and O–H groups in total. The first-order valence-electron chi connectivity index (χ1n) is 7.90. The number of hydrogen-bond donors (Lipinski definition) is 2. The SMILES string of the molecule is Cc1ccccc1CNc1ncc(C(=O)Nc2ccc(F)c(Cl)c2)cn1. The Balaban J connectivity index is 1.62. The number of aryl methyl sites for hydroxylation is 1. The number of nitrogens with one attached hydrogen (secondary N) is 2. The molecule has 0 saturated heterocycles. The van der Waals surface area contributed by atoms with Gasteiger partial charge in [0.15, 0.2) is 0 Å². The van der Waals surface area contributed by atoms with Crippen molar-refractivity contribution < 1.29 is 9.18 Å². The van der Waals surface area contributed by atoms with E-state index in [2.05, 4.69) is 20.6 Å². The first-order valence-corrected chi connectivity index (χ1v) is 8.27. The smallest absolute Gasteiger partial charge is 0.258 e. The van der Waals surface area contributed by atoms with Crippen molar-refractivity contribution in [1.82, 2.24) is 9.97 Å². The van der Waals surface area contributed by atoms with Gasteiger partial charge in [0.05, 0.1) is 10.6 Å². The Labute approximate surface area is 155 Å². The fourth-order valence-corrected chi connectivity index (χ4v) is 2.48. The molecule has 26 heavy (non-hydrogen) atoms. The zero-order valence-corrected chi connectivity index (χ0v) is 14.7. The van der Waals surface area contributed by atoms with Gasteiger partial charge in [0.25, 0.3) is 5.91 Å². The van der Waals surface area contributed by atoms with Crippen LogP contribution in [-0.2, 0) is 6.54 Å². The van der Waals surface area contributed by atoms with Crippen molar-refractivity contribution in [3.8, 4) is 0 Å². The van der Waals surface area contributed by atoms with E-state index >= 15 is 0 Å². The van der Waals surface area contributed by atoms with Gasteiger partial charge in [-0.3, -0.25) is 4.79 Å². The molecule has 0 bridgehead atoms. The summed E-state index contributed by atoms with van der Waals surface area (Å²) in [5, 5.41) is 5.68. The number of nitrogens with zero attached hydrogens (tertiary/aromatic N) is 2. The van der Waals surface area contributed by atoms with Gasteiger partial charge in [-0.2, -0.15) is 0 Å². The van der Waals surface area contributed by atoms with Crippen molar-refractivity contribution in [2.24, 2.45) is 0 Å². The standard InChI is InChI=1S/C19H16ClFN4O/c1-12-4-2-3-5-13(12)9-22-19-23-10-14(11-24-19)18(26)25-15-6-7-17(21)16(20)8-15/h2-8,10-11H,9H2,1H3,(H,25,26)(H,22,23,24). The first kappa shape index (κ1) is 17.8. The Morgan fingerprint density at radius 3 is 2.58 bits per heavy atom. The molecule has 3 aromatic rings. The van der Waals surface area contributed by atoms with E-state index in [4.69, 9.17) is 11.6 Å². The van der Waals surface area contributed by atoms with Gasteiger partial charge in [-0.15, -0.1) is 0 Å². The average molecular weight is 371 g/mol. The van der Waals surface area contributed by atoms with Crippen LogP contribution in [0.4, 0.5) is 16.0 Å². The normalized spacial score (nSPS) is 10.4. The third kappa shape index (κ3) is 4.34. The zero-order chi connectivity index (χ0) is 18.5. The minimum atomic E-state index is -0.544. The monoisotopic (exact) mass is 370 g/mol. The summed E-state index contributed by atoms with van der Waals surface area (Å²) in [5.41, 5.74) is 3.00. The van der Waals surface area contributed by atoms with Gasteiger partial charge in [-0.05, 0) is 36.2 Å². The van der Waals surface area contributed by atoms with E-state index in [1.807, 2.05) is 31.2 Å². The van der Waals surface area contributed by atoms with Crippen LogP contribution in [0, 0.1) is 12.7 Å². The predicted octanol–water partition coefficient (Wildman–Crippen LogP) is 4.44. The molecule has 2 aromatic carbocycles. The molecule has 0 unspecified atom stereocenters. The number of aromatic nitrogens is 2. The van der Waals surface area contributed by atoms with Crippen LogP contribution in [0.2, 0.25) is 5.02 Å². The van der Waals surface area contributed by atoms with Crippen LogP contribution >= 0.6 is 11.6 Å². The minimum absolute atomic E-state index is 0.0604. The maximum Gasteiger partial charge on any atom is 0.258 e. The highest BCUT2D eigenvalue weighted by molar-refractivity contribution is 6.31. The Bertz CT molecular complexity index is 931. The van der Waals surface area contributed by atoms with Crippen LogP contribution in [0.5, 0.6) is 0 Å². The van der Waals surface area contributed by atoms with Crippen LogP contribution in [-0.4, -0.2) is 15.9 Å². The highest BCUT2D eigenvalue weighted by atomic mass is 35.5. The molecule has 132 valence electrons. The fourth-order valence-electron chi connectivity index (χ4n) is 2.30. The van der Waals surface area contributed by atoms with Gasteiger partial charge in [0, 0.05) is 24.6 Å². The molecule has 0 atom stereocenters.